The van der Waals surface area contributed by atoms with Crippen molar-refractivity contribution in [3.8, 4) is 0 Å². The van der Waals surface area contributed by atoms with Crippen molar-refractivity contribution < 1.29 is 4.79 Å². The summed E-state index contributed by atoms with van der Waals surface area (Å²) in [5.41, 5.74) is 0.916. The average molecular weight is 364 g/mol. The molecule has 5 aliphatic rings. The number of piperidine rings is 1. The molecule has 2 aromatic heterocycles. The Kier molecular flexibility index (Phi) is 3.60. The zero-order chi connectivity index (χ0) is 18.0. The lowest BCUT2D eigenvalue weighted by molar-refractivity contribution is -0.150. The molecule has 1 saturated heterocycles. The molecule has 5 fully saturated rings. The molecule has 4 saturated carbocycles. The van der Waals surface area contributed by atoms with Crippen LogP contribution in [-0.4, -0.2) is 38.5 Å². The second kappa shape index (κ2) is 6.05. The van der Waals surface area contributed by atoms with E-state index in [0.29, 0.717) is 29.6 Å². The van der Waals surface area contributed by atoms with Gasteiger partial charge in [0.05, 0.1) is 0 Å². The summed E-state index contributed by atoms with van der Waals surface area (Å²) >= 11 is 0. The molecule has 3 heterocycles. The summed E-state index contributed by atoms with van der Waals surface area (Å²) in [5.74, 6) is 5.53. The first-order chi connectivity index (χ1) is 13.3. The van der Waals surface area contributed by atoms with Gasteiger partial charge in [-0.15, -0.1) is 10.2 Å². The largest absolute Gasteiger partial charge is 0.342 e. The zero-order valence-electron chi connectivity index (χ0n) is 15.8. The fraction of sp³-hybridized carbons (Fsp3) is 0.682. The molecule has 0 radical (unpaired) electrons. The summed E-state index contributed by atoms with van der Waals surface area (Å²) < 4.78 is 2.11. The molecule has 27 heavy (non-hydrogen) atoms. The Morgan fingerprint density at radius 1 is 0.926 bits per heavy atom. The molecule has 7 rings (SSSR count). The highest BCUT2D eigenvalue weighted by Gasteiger charge is 2.51. The number of carbonyl (C=O) groups excluding carboxylic acids is 1. The lowest BCUT2D eigenvalue weighted by Gasteiger charge is -2.54. The van der Waals surface area contributed by atoms with Gasteiger partial charge in [0.2, 0.25) is 5.91 Å². The van der Waals surface area contributed by atoms with E-state index >= 15 is 0 Å². The van der Waals surface area contributed by atoms with Crippen molar-refractivity contribution >= 4 is 11.6 Å². The smallest absolute Gasteiger partial charge is 0.226 e. The normalized spacial score (nSPS) is 35.9. The van der Waals surface area contributed by atoms with Crippen LogP contribution in [0, 0.1) is 29.6 Å². The van der Waals surface area contributed by atoms with Crippen LogP contribution in [0.1, 0.15) is 56.7 Å². The Hall–Kier alpha value is -1.91. The number of aromatic nitrogens is 3. The molecule has 4 bridgehead atoms. The van der Waals surface area contributed by atoms with E-state index in [1.54, 1.807) is 0 Å². The van der Waals surface area contributed by atoms with Gasteiger partial charge in [0.25, 0.3) is 0 Å². The summed E-state index contributed by atoms with van der Waals surface area (Å²) in [6.07, 6.45) is 10.8. The highest BCUT2D eigenvalue weighted by molar-refractivity contribution is 5.80. The van der Waals surface area contributed by atoms with Gasteiger partial charge in [0, 0.05) is 31.1 Å². The highest BCUT2D eigenvalue weighted by Crippen LogP contribution is 2.57. The molecular weight excluding hydrogens is 336 g/mol. The summed E-state index contributed by atoms with van der Waals surface area (Å²) in [4.78, 5) is 15.6. The zero-order valence-corrected chi connectivity index (χ0v) is 15.8. The maximum atomic E-state index is 13.4. The number of rotatable bonds is 2. The van der Waals surface area contributed by atoms with Crippen LogP contribution in [0.25, 0.3) is 5.65 Å². The third-order valence-corrected chi connectivity index (χ3v) is 8.02. The first kappa shape index (κ1) is 16.1. The molecular formula is C22H28N4O. The molecule has 5 nitrogen and oxygen atoms in total. The van der Waals surface area contributed by atoms with Gasteiger partial charge in [-0.2, -0.15) is 0 Å². The van der Waals surface area contributed by atoms with Gasteiger partial charge in [-0.25, -0.2) is 0 Å². The van der Waals surface area contributed by atoms with Gasteiger partial charge in [-0.1, -0.05) is 6.07 Å². The fourth-order valence-electron chi connectivity index (χ4n) is 7.04. The quantitative estimate of drug-likeness (QED) is 0.819. The van der Waals surface area contributed by atoms with Crippen molar-refractivity contribution in [1.29, 1.82) is 0 Å². The minimum absolute atomic E-state index is 0.336. The maximum Gasteiger partial charge on any atom is 0.226 e. The minimum Gasteiger partial charge on any atom is -0.342 e. The van der Waals surface area contributed by atoms with Gasteiger partial charge in [0.1, 0.15) is 5.82 Å². The van der Waals surface area contributed by atoms with Crippen LogP contribution in [0.5, 0.6) is 0 Å². The summed E-state index contributed by atoms with van der Waals surface area (Å²) in [7, 11) is 0. The average Bonchev–Trinajstić information content (AvgIpc) is 3.11. The highest BCUT2D eigenvalue weighted by atomic mass is 16.2. The third-order valence-electron chi connectivity index (χ3n) is 8.02. The number of amides is 1. The Labute approximate surface area is 160 Å². The maximum absolute atomic E-state index is 13.4. The first-order valence-electron chi connectivity index (χ1n) is 10.8. The predicted molar refractivity (Wildman–Crippen MR) is 102 cm³/mol. The molecule has 5 heteroatoms. The molecule has 0 unspecified atom stereocenters. The standard InChI is InChI=1S/C22H28N4O/c27-22(20-17-10-14-9-15(12-17)13-18(20)11-14)25-7-4-16(5-8-25)21-24-23-19-3-1-2-6-26(19)21/h1-3,6,14-18,20H,4-5,7-13H2. The number of pyridine rings is 1. The lowest BCUT2D eigenvalue weighted by Crippen LogP contribution is -2.53. The van der Waals surface area contributed by atoms with E-state index in [-0.39, 0.29) is 0 Å². The third kappa shape index (κ3) is 2.54. The second-order valence-corrected chi connectivity index (χ2v) is 9.54. The Bertz CT molecular complexity index is 838. The van der Waals surface area contributed by atoms with Crippen molar-refractivity contribution in [3.05, 3.63) is 30.2 Å². The van der Waals surface area contributed by atoms with E-state index in [0.717, 1.165) is 49.2 Å². The van der Waals surface area contributed by atoms with E-state index in [2.05, 4.69) is 25.7 Å². The van der Waals surface area contributed by atoms with E-state index < -0.39 is 0 Å². The van der Waals surface area contributed by atoms with E-state index in [1.807, 2.05) is 18.2 Å². The number of carbonyl (C=O) groups is 1. The van der Waals surface area contributed by atoms with Gasteiger partial charge in [-0.3, -0.25) is 9.20 Å². The Morgan fingerprint density at radius 3 is 2.33 bits per heavy atom. The Morgan fingerprint density at radius 2 is 1.63 bits per heavy atom. The molecule has 142 valence electrons. The van der Waals surface area contributed by atoms with Crippen LogP contribution >= 0.6 is 0 Å². The fourth-order valence-corrected chi connectivity index (χ4v) is 7.04. The molecule has 2 aromatic rings. The van der Waals surface area contributed by atoms with Crippen LogP contribution < -0.4 is 0 Å². The van der Waals surface area contributed by atoms with Crippen molar-refractivity contribution in [2.75, 3.05) is 13.1 Å². The molecule has 0 atom stereocenters. The van der Waals surface area contributed by atoms with E-state index in [1.165, 1.54) is 32.1 Å². The molecule has 1 amide bonds. The minimum atomic E-state index is 0.336. The van der Waals surface area contributed by atoms with Gasteiger partial charge >= 0.3 is 0 Å². The summed E-state index contributed by atoms with van der Waals surface area (Å²) in [5, 5.41) is 8.75. The summed E-state index contributed by atoms with van der Waals surface area (Å²) in [6.45, 7) is 1.77. The number of nitrogens with zero attached hydrogens (tertiary/aromatic N) is 4. The van der Waals surface area contributed by atoms with Crippen molar-refractivity contribution in [3.63, 3.8) is 0 Å². The first-order valence-corrected chi connectivity index (χ1v) is 10.8. The lowest BCUT2D eigenvalue weighted by atomic mass is 9.51. The molecule has 0 aromatic carbocycles. The van der Waals surface area contributed by atoms with Crippen LogP contribution in [-0.2, 0) is 4.79 Å². The van der Waals surface area contributed by atoms with Crippen LogP contribution in [0.3, 0.4) is 0 Å². The van der Waals surface area contributed by atoms with Gasteiger partial charge in [-0.05, 0) is 80.8 Å². The molecule has 0 spiro atoms. The topological polar surface area (TPSA) is 50.5 Å². The Balaban J connectivity index is 1.15. The molecule has 0 N–H and O–H groups in total. The van der Waals surface area contributed by atoms with Crippen molar-refractivity contribution in [2.45, 2.75) is 50.9 Å². The number of hydrogen-bond donors (Lipinski definition) is 0. The van der Waals surface area contributed by atoms with Gasteiger partial charge in [0.15, 0.2) is 5.65 Å². The van der Waals surface area contributed by atoms with Crippen molar-refractivity contribution in [2.24, 2.45) is 29.6 Å². The molecule has 1 aliphatic heterocycles. The number of fused-ring (bicyclic) bond motifs is 1. The van der Waals surface area contributed by atoms with Gasteiger partial charge < -0.3 is 4.90 Å². The summed E-state index contributed by atoms with van der Waals surface area (Å²) in [6, 6.07) is 6.03. The second-order valence-electron chi connectivity index (χ2n) is 9.54. The monoisotopic (exact) mass is 364 g/mol. The van der Waals surface area contributed by atoms with Crippen LogP contribution in [0.2, 0.25) is 0 Å². The van der Waals surface area contributed by atoms with E-state index in [4.69, 9.17) is 0 Å². The SMILES string of the molecule is O=C(C1C2CC3CC(C2)CC1C3)N1CCC(c2nnc3ccccn23)CC1. The van der Waals surface area contributed by atoms with Crippen LogP contribution in [0.4, 0.5) is 0 Å². The number of hydrogen-bond acceptors (Lipinski definition) is 3. The van der Waals surface area contributed by atoms with Crippen molar-refractivity contribution in [1.82, 2.24) is 19.5 Å². The molecule has 4 aliphatic carbocycles. The predicted octanol–water partition coefficient (Wildman–Crippen LogP) is 3.51. The van der Waals surface area contributed by atoms with E-state index in [9.17, 15) is 4.79 Å². The number of likely N-dealkylation sites (tertiary alicyclic amines) is 1. The van der Waals surface area contributed by atoms with Crippen LogP contribution in [0.15, 0.2) is 24.4 Å².